The molecule has 1 nitrogen and oxygen atoms in total. The van der Waals surface area contributed by atoms with Crippen molar-refractivity contribution >= 4 is 41.5 Å². The zero-order valence-corrected chi connectivity index (χ0v) is 17.6. The molecule has 0 amide bonds. The highest BCUT2D eigenvalue weighted by molar-refractivity contribution is 6.92. The maximum absolute atomic E-state index is 2.70. The second-order valence-corrected chi connectivity index (χ2v) is 10.7. The highest BCUT2D eigenvalue weighted by atomic mass is 28.3. The largest absolute Gasteiger partial charge is 0.362 e. The minimum absolute atomic E-state index is 1.30. The summed E-state index contributed by atoms with van der Waals surface area (Å²) in [7, 11) is -1.65. The smallest absolute Gasteiger partial charge is 0.210 e. The van der Waals surface area contributed by atoms with Crippen LogP contribution in [0, 0.1) is 0 Å². The molecule has 0 fully saturated rings. The molecule has 2 heterocycles. The minimum atomic E-state index is -1.65. The van der Waals surface area contributed by atoms with Gasteiger partial charge in [0.2, 0.25) is 8.96 Å². The number of benzene rings is 5. The maximum Gasteiger partial charge on any atom is 0.210 e. The molecule has 2 aliphatic rings. The van der Waals surface area contributed by atoms with Crippen molar-refractivity contribution in [2.75, 3.05) is 4.57 Å². The van der Waals surface area contributed by atoms with Crippen LogP contribution in [0.1, 0.15) is 0 Å². The average Bonchev–Trinajstić information content (AvgIpc) is 2.82. The maximum atomic E-state index is 2.70. The third kappa shape index (κ3) is 2.06. The molecule has 0 radical (unpaired) electrons. The molecule has 140 valence electrons. The Balaban J connectivity index is 1.65. The summed E-state index contributed by atoms with van der Waals surface area (Å²) in [6.45, 7) is 0. The Morgan fingerprint density at radius 3 is 1.70 bits per heavy atom. The summed E-state index contributed by atoms with van der Waals surface area (Å²) in [5, 5.41) is 5.64. The van der Waals surface area contributed by atoms with Gasteiger partial charge in [-0.25, -0.2) is 0 Å². The number of rotatable bonds is 0. The van der Waals surface area contributed by atoms with Crippen molar-refractivity contribution in [3.05, 3.63) is 109 Å². The van der Waals surface area contributed by atoms with Crippen molar-refractivity contribution in [3.63, 3.8) is 0 Å². The van der Waals surface area contributed by atoms with Crippen LogP contribution in [0.15, 0.2) is 109 Å². The van der Waals surface area contributed by atoms with Crippen LogP contribution >= 0.6 is 0 Å². The predicted octanol–water partition coefficient (Wildman–Crippen LogP) is 5.48. The third-order valence-corrected chi connectivity index (χ3v) is 9.89. The van der Waals surface area contributed by atoms with E-state index in [-0.39, 0.29) is 0 Å². The fraction of sp³-hybridized carbons (Fsp3) is 0. The molecule has 7 rings (SSSR count). The number of para-hydroxylation sites is 1. The molecule has 0 N–H and O–H groups in total. The standard InChI is InChI=1S/C28H19NSi/c1-2-10-20-18-26-24(17-19(20)9-1)23-13-5-8-16-28(23)30-27-15-7-4-12-22(27)21-11-3-6-14-25(21)29(26)30/h1-18,30H. The van der Waals surface area contributed by atoms with E-state index in [1.165, 1.54) is 54.8 Å². The lowest BCUT2D eigenvalue weighted by Gasteiger charge is -2.44. The van der Waals surface area contributed by atoms with Gasteiger partial charge in [-0.15, -0.1) is 0 Å². The molecule has 2 aliphatic heterocycles. The van der Waals surface area contributed by atoms with Crippen LogP contribution < -0.4 is 14.9 Å². The molecule has 2 heteroatoms. The second kappa shape index (κ2) is 5.94. The number of fused-ring (bicyclic) bond motifs is 12. The number of hydrogen-bond acceptors (Lipinski definition) is 1. The lowest BCUT2D eigenvalue weighted by atomic mass is 9.97. The average molecular weight is 398 g/mol. The molecule has 5 aromatic carbocycles. The summed E-state index contributed by atoms with van der Waals surface area (Å²) in [4.78, 5) is 0. The lowest BCUT2D eigenvalue weighted by molar-refractivity contribution is 1.36. The third-order valence-electron chi connectivity index (χ3n) is 6.64. The first kappa shape index (κ1) is 16.2. The van der Waals surface area contributed by atoms with Crippen molar-refractivity contribution in [2.45, 2.75) is 0 Å². The normalized spacial score (nSPS) is 15.6. The van der Waals surface area contributed by atoms with Crippen LogP contribution in [0.25, 0.3) is 33.0 Å². The van der Waals surface area contributed by atoms with E-state index in [2.05, 4.69) is 114 Å². The monoisotopic (exact) mass is 397 g/mol. The van der Waals surface area contributed by atoms with E-state index in [0.717, 1.165) is 0 Å². The van der Waals surface area contributed by atoms with Crippen LogP contribution in [-0.4, -0.2) is 8.96 Å². The summed E-state index contributed by atoms with van der Waals surface area (Å²) < 4.78 is 2.70. The molecule has 0 spiro atoms. The van der Waals surface area contributed by atoms with Gasteiger partial charge >= 0.3 is 0 Å². The van der Waals surface area contributed by atoms with Crippen molar-refractivity contribution in [2.24, 2.45) is 0 Å². The Labute approximate surface area is 177 Å². The van der Waals surface area contributed by atoms with Crippen molar-refractivity contribution < 1.29 is 0 Å². The Kier molecular flexibility index (Phi) is 3.21. The van der Waals surface area contributed by atoms with E-state index in [1.54, 1.807) is 0 Å². The molecule has 0 saturated heterocycles. The first-order valence-electron chi connectivity index (χ1n) is 10.5. The quantitative estimate of drug-likeness (QED) is 0.313. The number of nitrogens with zero attached hydrogens (tertiary/aromatic N) is 1. The summed E-state index contributed by atoms with van der Waals surface area (Å²) in [6, 6.07) is 40.6. The Hall–Kier alpha value is -3.62. The van der Waals surface area contributed by atoms with E-state index in [0.29, 0.717) is 0 Å². The molecular weight excluding hydrogens is 378 g/mol. The zero-order chi connectivity index (χ0) is 19.7. The van der Waals surface area contributed by atoms with E-state index in [9.17, 15) is 0 Å². The highest BCUT2D eigenvalue weighted by Crippen LogP contribution is 2.46. The summed E-state index contributed by atoms with van der Waals surface area (Å²) >= 11 is 0. The molecule has 1 unspecified atom stereocenters. The van der Waals surface area contributed by atoms with Crippen LogP contribution in [0.3, 0.4) is 0 Å². The van der Waals surface area contributed by atoms with Gasteiger partial charge in [0.15, 0.2) is 0 Å². The summed E-state index contributed by atoms with van der Waals surface area (Å²) in [5.41, 5.74) is 8.20. The van der Waals surface area contributed by atoms with E-state index in [4.69, 9.17) is 0 Å². The fourth-order valence-electron chi connectivity index (χ4n) is 5.37. The molecule has 1 atom stereocenters. The van der Waals surface area contributed by atoms with Crippen LogP contribution in [0.2, 0.25) is 0 Å². The SMILES string of the molecule is c1ccc2c(c1)-c1ccccc1[SiH]1c3ccccc3-c3cc4ccccc4cc3N21. The predicted molar refractivity (Wildman–Crippen MR) is 130 cm³/mol. The van der Waals surface area contributed by atoms with Gasteiger partial charge in [0.05, 0.1) is 0 Å². The molecular formula is C28H19NSi. The molecule has 0 bridgehead atoms. The van der Waals surface area contributed by atoms with Gasteiger partial charge < -0.3 is 4.57 Å². The van der Waals surface area contributed by atoms with Crippen LogP contribution in [-0.2, 0) is 0 Å². The first-order valence-corrected chi connectivity index (χ1v) is 12.2. The topological polar surface area (TPSA) is 3.24 Å². The summed E-state index contributed by atoms with van der Waals surface area (Å²) in [6.07, 6.45) is 0. The van der Waals surface area contributed by atoms with Gasteiger partial charge in [0, 0.05) is 22.5 Å². The van der Waals surface area contributed by atoms with Crippen molar-refractivity contribution in [3.8, 4) is 22.3 Å². The van der Waals surface area contributed by atoms with Gasteiger partial charge in [-0.2, -0.15) is 0 Å². The summed E-state index contributed by atoms with van der Waals surface area (Å²) in [5.74, 6) is 0. The Morgan fingerprint density at radius 1 is 0.433 bits per heavy atom. The van der Waals surface area contributed by atoms with Crippen molar-refractivity contribution in [1.29, 1.82) is 0 Å². The Bertz CT molecular complexity index is 1470. The van der Waals surface area contributed by atoms with E-state index >= 15 is 0 Å². The lowest BCUT2D eigenvalue weighted by Crippen LogP contribution is -2.59. The highest BCUT2D eigenvalue weighted by Gasteiger charge is 2.39. The molecule has 0 aliphatic carbocycles. The fourth-order valence-corrected chi connectivity index (χ4v) is 8.94. The zero-order valence-electron chi connectivity index (χ0n) is 16.4. The minimum Gasteiger partial charge on any atom is -0.362 e. The number of anilines is 2. The molecule has 0 aromatic heterocycles. The van der Waals surface area contributed by atoms with Crippen molar-refractivity contribution in [1.82, 2.24) is 0 Å². The number of hydrogen-bond donors (Lipinski definition) is 0. The van der Waals surface area contributed by atoms with E-state index < -0.39 is 8.96 Å². The van der Waals surface area contributed by atoms with Gasteiger partial charge in [-0.1, -0.05) is 91.0 Å². The van der Waals surface area contributed by atoms with Gasteiger partial charge in [0.1, 0.15) is 0 Å². The van der Waals surface area contributed by atoms with Gasteiger partial charge in [0.25, 0.3) is 0 Å². The molecule has 30 heavy (non-hydrogen) atoms. The Morgan fingerprint density at radius 2 is 0.967 bits per heavy atom. The van der Waals surface area contributed by atoms with Crippen LogP contribution in [0.5, 0.6) is 0 Å². The van der Waals surface area contributed by atoms with E-state index in [1.807, 2.05) is 0 Å². The van der Waals surface area contributed by atoms with Gasteiger partial charge in [-0.3, -0.25) is 0 Å². The molecule has 5 aromatic rings. The second-order valence-electron chi connectivity index (χ2n) is 8.18. The van der Waals surface area contributed by atoms with Crippen LogP contribution in [0.4, 0.5) is 11.4 Å². The molecule has 0 saturated carbocycles. The first-order chi connectivity index (χ1) is 14.9. The van der Waals surface area contributed by atoms with Gasteiger partial charge in [-0.05, 0) is 50.5 Å².